The third-order valence-corrected chi connectivity index (χ3v) is 3.78. The van der Waals surface area contributed by atoms with Crippen LogP contribution in [0.4, 0.5) is 0 Å². The van der Waals surface area contributed by atoms with Crippen molar-refractivity contribution in [3.8, 4) is 17.2 Å². The van der Waals surface area contributed by atoms with E-state index in [2.05, 4.69) is 27.3 Å². The van der Waals surface area contributed by atoms with Crippen molar-refractivity contribution in [2.75, 3.05) is 6.79 Å². The van der Waals surface area contributed by atoms with Crippen molar-refractivity contribution in [2.24, 2.45) is 0 Å². The average molecular weight is 323 g/mol. The number of hydrogen-bond acceptors (Lipinski definition) is 5. The third-order valence-electron chi connectivity index (χ3n) is 3.78. The Kier molecular flexibility index (Phi) is 3.78. The van der Waals surface area contributed by atoms with Crippen LogP contribution in [0.2, 0.25) is 0 Å². The monoisotopic (exact) mass is 323 g/mol. The normalized spacial score (nSPS) is 13.7. The van der Waals surface area contributed by atoms with Crippen molar-refractivity contribution in [3.05, 3.63) is 65.7 Å². The molecule has 0 aliphatic carbocycles. The van der Waals surface area contributed by atoms with Crippen molar-refractivity contribution in [1.29, 1.82) is 0 Å². The number of nitrogens with zero attached hydrogens (tertiary/aromatic N) is 2. The third kappa shape index (κ3) is 3.03. The van der Waals surface area contributed by atoms with E-state index in [1.165, 1.54) is 5.56 Å². The fourth-order valence-electron chi connectivity index (χ4n) is 2.57. The molecule has 0 bridgehead atoms. The Hall–Kier alpha value is -3.02. The van der Waals surface area contributed by atoms with Crippen molar-refractivity contribution in [3.63, 3.8) is 0 Å². The Morgan fingerprint density at radius 3 is 2.83 bits per heavy atom. The summed E-state index contributed by atoms with van der Waals surface area (Å²) >= 11 is 0. The van der Waals surface area contributed by atoms with Crippen LogP contribution in [0, 0.1) is 0 Å². The van der Waals surface area contributed by atoms with E-state index in [0.717, 1.165) is 11.6 Å². The van der Waals surface area contributed by atoms with Gasteiger partial charge in [0.05, 0.1) is 0 Å². The van der Waals surface area contributed by atoms with E-state index in [1.54, 1.807) is 0 Å². The lowest BCUT2D eigenvalue weighted by Crippen LogP contribution is -2.05. The molecule has 1 aliphatic rings. The van der Waals surface area contributed by atoms with Gasteiger partial charge in [0.25, 0.3) is 0 Å². The highest BCUT2D eigenvalue weighted by Gasteiger charge is 2.17. The number of ether oxygens (including phenoxy) is 3. The highest BCUT2D eigenvalue weighted by atomic mass is 16.7. The first kappa shape index (κ1) is 14.6. The molecule has 2 heterocycles. The quantitative estimate of drug-likeness (QED) is 0.780. The molecule has 1 atom stereocenters. The summed E-state index contributed by atoms with van der Waals surface area (Å²) in [6.45, 7) is 2.16. The summed E-state index contributed by atoms with van der Waals surface area (Å²) in [5.74, 6) is 3.56. The molecule has 6 heteroatoms. The first-order chi connectivity index (χ1) is 11.8. The number of rotatable bonds is 5. The molecule has 24 heavy (non-hydrogen) atoms. The summed E-state index contributed by atoms with van der Waals surface area (Å²) in [4.78, 5) is 4.53. The van der Waals surface area contributed by atoms with Crippen LogP contribution in [0.1, 0.15) is 30.2 Å². The summed E-state index contributed by atoms with van der Waals surface area (Å²) in [6.07, 6.45) is 0.441. The predicted octanol–water partition coefficient (Wildman–Crippen LogP) is 3.26. The second-order valence-electron chi connectivity index (χ2n) is 5.58. The first-order valence-corrected chi connectivity index (χ1v) is 7.79. The van der Waals surface area contributed by atoms with Crippen LogP contribution in [-0.2, 0) is 6.42 Å². The number of aromatic amines is 1. The van der Waals surface area contributed by atoms with E-state index < -0.39 is 0 Å². The van der Waals surface area contributed by atoms with Crippen molar-refractivity contribution < 1.29 is 14.2 Å². The zero-order valence-electron chi connectivity index (χ0n) is 13.2. The minimum absolute atomic E-state index is 0.248. The molecule has 0 fully saturated rings. The van der Waals surface area contributed by atoms with Crippen LogP contribution < -0.4 is 14.2 Å². The second-order valence-corrected chi connectivity index (χ2v) is 5.58. The SMILES string of the molecule is C[C@@H](Oc1ccc2c(c1)OCO2)c1n[nH]c(Cc2ccccc2)n1. The molecule has 1 aromatic heterocycles. The van der Waals surface area contributed by atoms with Crippen LogP contribution in [0.3, 0.4) is 0 Å². The summed E-state index contributed by atoms with van der Waals surface area (Å²) in [7, 11) is 0. The molecule has 3 aromatic rings. The van der Waals surface area contributed by atoms with Gasteiger partial charge in [-0.1, -0.05) is 30.3 Å². The molecule has 2 aromatic carbocycles. The summed E-state index contributed by atoms with van der Waals surface area (Å²) in [6, 6.07) is 15.6. The van der Waals surface area contributed by atoms with Gasteiger partial charge in [-0.25, -0.2) is 4.98 Å². The fourth-order valence-corrected chi connectivity index (χ4v) is 2.57. The Labute approximate surface area is 139 Å². The van der Waals surface area contributed by atoms with E-state index in [-0.39, 0.29) is 12.9 Å². The minimum atomic E-state index is -0.272. The number of benzene rings is 2. The maximum absolute atomic E-state index is 5.91. The minimum Gasteiger partial charge on any atom is -0.483 e. The van der Waals surface area contributed by atoms with Crippen LogP contribution in [0.15, 0.2) is 48.5 Å². The molecule has 1 aliphatic heterocycles. The van der Waals surface area contributed by atoms with Crippen LogP contribution >= 0.6 is 0 Å². The van der Waals surface area contributed by atoms with Gasteiger partial charge in [-0.2, -0.15) is 5.10 Å². The number of hydrogen-bond donors (Lipinski definition) is 1. The van der Waals surface area contributed by atoms with Crippen molar-refractivity contribution >= 4 is 0 Å². The topological polar surface area (TPSA) is 69.3 Å². The standard InChI is InChI=1S/C18H17N3O3/c1-12(24-14-7-8-15-16(10-14)23-11-22-15)18-19-17(20-21-18)9-13-5-3-2-4-6-13/h2-8,10,12H,9,11H2,1H3,(H,19,20,21)/t12-/m1/s1. The average Bonchev–Trinajstić information content (AvgIpc) is 3.24. The number of aromatic nitrogens is 3. The zero-order valence-corrected chi connectivity index (χ0v) is 13.2. The number of H-pyrrole nitrogens is 1. The molecule has 0 amide bonds. The summed E-state index contributed by atoms with van der Waals surface area (Å²) in [5, 5.41) is 7.24. The van der Waals surface area contributed by atoms with Gasteiger partial charge in [-0.15, -0.1) is 0 Å². The highest BCUT2D eigenvalue weighted by Crippen LogP contribution is 2.36. The molecule has 0 unspecified atom stereocenters. The van der Waals surface area contributed by atoms with Gasteiger partial charge in [0.2, 0.25) is 6.79 Å². The van der Waals surface area contributed by atoms with Gasteiger partial charge >= 0.3 is 0 Å². The maximum Gasteiger partial charge on any atom is 0.231 e. The van der Waals surface area contributed by atoms with Gasteiger partial charge in [0.15, 0.2) is 23.4 Å². The van der Waals surface area contributed by atoms with Crippen LogP contribution in [0.5, 0.6) is 17.2 Å². The van der Waals surface area contributed by atoms with E-state index >= 15 is 0 Å². The predicted molar refractivity (Wildman–Crippen MR) is 87.2 cm³/mol. The van der Waals surface area contributed by atoms with E-state index in [1.807, 2.05) is 43.3 Å². The molecule has 122 valence electrons. The smallest absolute Gasteiger partial charge is 0.231 e. The molecular formula is C18H17N3O3. The number of fused-ring (bicyclic) bond motifs is 1. The van der Waals surface area contributed by atoms with Crippen molar-refractivity contribution in [2.45, 2.75) is 19.4 Å². The fraction of sp³-hybridized carbons (Fsp3) is 0.222. The van der Waals surface area contributed by atoms with Crippen molar-refractivity contribution in [1.82, 2.24) is 15.2 Å². The van der Waals surface area contributed by atoms with E-state index in [0.29, 0.717) is 23.7 Å². The Balaban J connectivity index is 1.44. The van der Waals surface area contributed by atoms with Gasteiger partial charge < -0.3 is 14.2 Å². The Morgan fingerprint density at radius 2 is 1.96 bits per heavy atom. The molecule has 0 spiro atoms. The number of nitrogens with one attached hydrogen (secondary N) is 1. The zero-order chi connectivity index (χ0) is 16.4. The molecule has 6 nitrogen and oxygen atoms in total. The maximum atomic E-state index is 5.91. The van der Waals surface area contributed by atoms with Crippen LogP contribution in [-0.4, -0.2) is 22.0 Å². The lowest BCUT2D eigenvalue weighted by Gasteiger charge is -2.11. The van der Waals surface area contributed by atoms with Gasteiger partial charge in [-0.05, 0) is 24.6 Å². The molecular weight excluding hydrogens is 306 g/mol. The molecule has 0 radical (unpaired) electrons. The molecule has 0 saturated heterocycles. The van der Waals surface area contributed by atoms with E-state index in [4.69, 9.17) is 14.2 Å². The molecule has 0 saturated carbocycles. The summed E-state index contributed by atoms with van der Waals surface area (Å²) in [5.41, 5.74) is 1.18. The lowest BCUT2D eigenvalue weighted by molar-refractivity contribution is 0.173. The second kappa shape index (κ2) is 6.23. The highest BCUT2D eigenvalue weighted by molar-refractivity contribution is 5.46. The first-order valence-electron chi connectivity index (χ1n) is 7.79. The largest absolute Gasteiger partial charge is 0.483 e. The Morgan fingerprint density at radius 1 is 1.12 bits per heavy atom. The lowest BCUT2D eigenvalue weighted by atomic mass is 10.1. The van der Waals surface area contributed by atoms with E-state index in [9.17, 15) is 0 Å². The van der Waals surface area contributed by atoms with Gasteiger partial charge in [0.1, 0.15) is 11.6 Å². The summed E-state index contributed by atoms with van der Waals surface area (Å²) < 4.78 is 16.6. The van der Waals surface area contributed by atoms with Gasteiger partial charge in [0, 0.05) is 12.5 Å². The van der Waals surface area contributed by atoms with Crippen LogP contribution in [0.25, 0.3) is 0 Å². The van der Waals surface area contributed by atoms with Gasteiger partial charge in [-0.3, -0.25) is 5.10 Å². The molecule has 4 rings (SSSR count). The molecule has 1 N–H and O–H groups in total. The Bertz CT molecular complexity index is 833.